The minimum atomic E-state index is -0.210. The topological polar surface area (TPSA) is 76.1 Å². The molecule has 3 aromatic rings. The second-order valence-corrected chi connectivity index (χ2v) is 7.06. The van der Waals surface area contributed by atoms with Crippen molar-refractivity contribution in [1.82, 2.24) is 14.9 Å². The normalized spacial score (nSPS) is 12.0. The summed E-state index contributed by atoms with van der Waals surface area (Å²) in [4.78, 5) is 28.4. The second kappa shape index (κ2) is 8.39. The van der Waals surface area contributed by atoms with Crippen LogP contribution >= 0.6 is 12.2 Å². The summed E-state index contributed by atoms with van der Waals surface area (Å²) in [6.45, 7) is 4.25. The fourth-order valence-corrected chi connectivity index (χ4v) is 3.21. The maximum Gasteiger partial charge on any atom is 0.262 e. The van der Waals surface area contributed by atoms with Crippen molar-refractivity contribution >= 4 is 29.0 Å². The Hall–Kier alpha value is -2.93. The lowest BCUT2D eigenvalue weighted by Crippen LogP contribution is -2.32. The first-order chi connectivity index (χ1) is 13.4. The molecule has 1 atom stereocenters. The molecule has 7 heteroatoms. The third kappa shape index (κ3) is 3.99. The van der Waals surface area contributed by atoms with E-state index in [-0.39, 0.29) is 17.5 Å². The maximum absolute atomic E-state index is 13.0. The highest BCUT2D eigenvalue weighted by molar-refractivity contribution is 7.71. The highest BCUT2D eigenvalue weighted by Crippen LogP contribution is 2.19. The van der Waals surface area contributed by atoms with E-state index in [4.69, 9.17) is 17.0 Å². The van der Waals surface area contributed by atoms with Crippen molar-refractivity contribution in [3.05, 3.63) is 68.7 Å². The lowest BCUT2D eigenvalue weighted by Gasteiger charge is -2.13. The second-order valence-electron chi connectivity index (χ2n) is 6.68. The van der Waals surface area contributed by atoms with Gasteiger partial charge in [0.1, 0.15) is 5.75 Å². The van der Waals surface area contributed by atoms with Crippen molar-refractivity contribution < 1.29 is 9.53 Å². The van der Waals surface area contributed by atoms with E-state index in [9.17, 15) is 9.59 Å². The van der Waals surface area contributed by atoms with Gasteiger partial charge in [-0.1, -0.05) is 25.1 Å². The number of carbonyl (C=O) groups is 1. The van der Waals surface area contributed by atoms with Crippen LogP contribution in [0.5, 0.6) is 5.75 Å². The molecule has 0 radical (unpaired) electrons. The van der Waals surface area contributed by atoms with Gasteiger partial charge in [-0.25, -0.2) is 0 Å². The zero-order valence-corrected chi connectivity index (χ0v) is 16.9. The predicted molar refractivity (Wildman–Crippen MR) is 113 cm³/mol. The summed E-state index contributed by atoms with van der Waals surface area (Å²) < 4.78 is 7.15. The fourth-order valence-electron chi connectivity index (χ4n) is 2.95. The number of hydrogen-bond donors (Lipinski definition) is 2. The Balaban J connectivity index is 2.02. The zero-order valence-electron chi connectivity index (χ0n) is 16.1. The minimum absolute atomic E-state index is 0.0792. The molecule has 0 unspecified atom stereocenters. The van der Waals surface area contributed by atoms with Crippen LogP contribution in [-0.4, -0.2) is 28.6 Å². The number of para-hydroxylation sites is 1. The molecule has 0 spiro atoms. The largest absolute Gasteiger partial charge is 0.496 e. The number of H-pyrrole nitrogens is 1. The molecule has 28 heavy (non-hydrogen) atoms. The van der Waals surface area contributed by atoms with Crippen molar-refractivity contribution in [2.45, 2.75) is 32.9 Å². The maximum atomic E-state index is 13.0. The average Bonchev–Trinajstić information content (AvgIpc) is 2.70. The van der Waals surface area contributed by atoms with Crippen LogP contribution in [0.1, 0.15) is 36.2 Å². The van der Waals surface area contributed by atoms with Gasteiger partial charge in [0, 0.05) is 17.2 Å². The van der Waals surface area contributed by atoms with Crippen molar-refractivity contribution in [2.24, 2.45) is 0 Å². The third-order valence-corrected chi connectivity index (χ3v) is 5.08. The van der Waals surface area contributed by atoms with Crippen LogP contribution in [-0.2, 0) is 6.54 Å². The molecule has 0 aliphatic heterocycles. The van der Waals surface area contributed by atoms with E-state index in [0.29, 0.717) is 33.5 Å². The number of nitrogens with zero attached hydrogens (tertiary/aromatic N) is 1. The highest BCUT2D eigenvalue weighted by Gasteiger charge is 2.13. The van der Waals surface area contributed by atoms with Gasteiger partial charge in [-0.05, 0) is 49.8 Å². The number of rotatable bonds is 6. The summed E-state index contributed by atoms with van der Waals surface area (Å²) in [6, 6.07) is 12.6. The molecule has 0 bridgehead atoms. The smallest absolute Gasteiger partial charge is 0.262 e. The molecule has 1 aromatic heterocycles. The Kier molecular flexibility index (Phi) is 5.94. The lowest BCUT2D eigenvalue weighted by atomic mass is 10.1. The Morgan fingerprint density at radius 3 is 2.75 bits per heavy atom. The van der Waals surface area contributed by atoms with Gasteiger partial charge in [-0.3, -0.25) is 14.2 Å². The molecule has 1 amide bonds. The van der Waals surface area contributed by atoms with Crippen LogP contribution in [0.2, 0.25) is 0 Å². The predicted octanol–water partition coefficient (Wildman–Crippen LogP) is 3.64. The lowest BCUT2D eigenvalue weighted by molar-refractivity contribution is 0.0939. The number of nitrogens with one attached hydrogen (secondary N) is 2. The number of benzene rings is 2. The molecule has 146 valence electrons. The van der Waals surface area contributed by atoms with Gasteiger partial charge in [-0.15, -0.1) is 0 Å². The monoisotopic (exact) mass is 397 g/mol. The number of aromatic nitrogens is 2. The molecular formula is C21H23N3O3S. The van der Waals surface area contributed by atoms with Gasteiger partial charge >= 0.3 is 0 Å². The van der Waals surface area contributed by atoms with E-state index < -0.39 is 0 Å². The van der Waals surface area contributed by atoms with Crippen LogP contribution in [0, 0.1) is 4.77 Å². The summed E-state index contributed by atoms with van der Waals surface area (Å²) in [5, 5.41) is 3.40. The summed E-state index contributed by atoms with van der Waals surface area (Å²) >= 11 is 5.41. The van der Waals surface area contributed by atoms with Gasteiger partial charge in [0.05, 0.1) is 24.6 Å². The number of fused-ring (bicyclic) bond motifs is 1. The quantitative estimate of drug-likeness (QED) is 0.623. The van der Waals surface area contributed by atoms with E-state index in [1.54, 1.807) is 25.3 Å². The molecule has 3 rings (SSSR count). The van der Waals surface area contributed by atoms with Crippen molar-refractivity contribution in [2.75, 3.05) is 7.11 Å². The molecule has 6 nitrogen and oxygen atoms in total. The number of ether oxygens (including phenoxy) is 1. The first-order valence-electron chi connectivity index (χ1n) is 9.14. The van der Waals surface area contributed by atoms with E-state index in [0.717, 1.165) is 12.0 Å². The van der Waals surface area contributed by atoms with E-state index >= 15 is 0 Å². The molecule has 0 saturated heterocycles. The third-order valence-electron chi connectivity index (χ3n) is 4.75. The molecule has 2 N–H and O–H groups in total. The van der Waals surface area contributed by atoms with Gasteiger partial charge in [-0.2, -0.15) is 0 Å². The SMILES string of the molecule is CC[C@@H](C)NC(=O)c1ccc2c(=O)n(Cc3ccccc3OC)c(=S)[nH]c2c1. The molecule has 0 aliphatic carbocycles. The van der Waals surface area contributed by atoms with Crippen molar-refractivity contribution in [3.63, 3.8) is 0 Å². The first kappa shape index (κ1) is 19.8. The number of aromatic amines is 1. The standard InChI is InChI=1S/C21H23N3O3S/c1-4-13(2)22-19(25)14-9-10-16-17(11-14)23-21(28)24(20(16)26)12-15-7-5-6-8-18(15)27-3/h5-11,13H,4,12H2,1-3H3,(H,22,25)(H,23,28)/t13-/m1/s1. The van der Waals surface area contributed by atoms with Gasteiger partial charge in [0.25, 0.3) is 11.5 Å². The molecule has 0 aliphatic rings. The molecule has 0 saturated carbocycles. The number of carbonyl (C=O) groups excluding carboxylic acids is 1. The zero-order chi connectivity index (χ0) is 20.3. The summed E-state index contributed by atoms with van der Waals surface area (Å²) in [5.41, 5.74) is 1.68. The first-order valence-corrected chi connectivity index (χ1v) is 9.55. The number of amides is 1. The summed E-state index contributed by atoms with van der Waals surface area (Å²) in [7, 11) is 1.59. The van der Waals surface area contributed by atoms with Crippen LogP contribution in [0.25, 0.3) is 10.9 Å². The molecule has 2 aromatic carbocycles. The number of methoxy groups -OCH3 is 1. The molecule has 0 fully saturated rings. The van der Waals surface area contributed by atoms with Gasteiger partial charge in [0.15, 0.2) is 4.77 Å². The number of hydrogen-bond acceptors (Lipinski definition) is 4. The van der Waals surface area contributed by atoms with Crippen LogP contribution in [0.15, 0.2) is 47.3 Å². The van der Waals surface area contributed by atoms with E-state index in [1.807, 2.05) is 38.1 Å². The minimum Gasteiger partial charge on any atom is -0.496 e. The van der Waals surface area contributed by atoms with Crippen LogP contribution in [0.4, 0.5) is 0 Å². The Morgan fingerprint density at radius 2 is 2.04 bits per heavy atom. The van der Waals surface area contributed by atoms with Crippen molar-refractivity contribution in [1.29, 1.82) is 0 Å². The average molecular weight is 398 g/mol. The van der Waals surface area contributed by atoms with E-state index in [1.165, 1.54) is 4.57 Å². The summed E-state index contributed by atoms with van der Waals surface area (Å²) in [5.74, 6) is 0.523. The van der Waals surface area contributed by atoms with Gasteiger partial charge < -0.3 is 15.0 Å². The van der Waals surface area contributed by atoms with E-state index in [2.05, 4.69) is 10.3 Å². The van der Waals surface area contributed by atoms with Crippen LogP contribution in [0.3, 0.4) is 0 Å². The Labute approximate surface area is 168 Å². The summed E-state index contributed by atoms with van der Waals surface area (Å²) in [6.07, 6.45) is 0.843. The van der Waals surface area contributed by atoms with Crippen LogP contribution < -0.4 is 15.6 Å². The molecule has 1 heterocycles. The Morgan fingerprint density at radius 1 is 1.29 bits per heavy atom. The Bertz CT molecular complexity index is 1130. The van der Waals surface area contributed by atoms with Gasteiger partial charge in [0.2, 0.25) is 0 Å². The highest BCUT2D eigenvalue weighted by atomic mass is 32.1. The fraction of sp³-hybridized carbons (Fsp3) is 0.286. The molecular weight excluding hydrogens is 374 g/mol. The van der Waals surface area contributed by atoms with Crippen molar-refractivity contribution in [3.8, 4) is 5.75 Å².